The first-order valence-corrected chi connectivity index (χ1v) is 3.41. The van der Waals surface area contributed by atoms with Gasteiger partial charge < -0.3 is 0 Å². The molecule has 0 atom stereocenters. The van der Waals surface area contributed by atoms with Crippen molar-refractivity contribution in [3.05, 3.63) is 11.6 Å². The van der Waals surface area contributed by atoms with Crippen LogP contribution in [-0.2, 0) is 4.79 Å². The molecule has 0 unspecified atom stereocenters. The SMILES string of the molecule is CC1=CC(=O)CN=C1Br. The highest BCUT2D eigenvalue weighted by Crippen LogP contribution is 2.08. The summed E-state index contributed by atoms with van der Waals surface area (Å²) in [6, 6.07) is 0. The number of hydrogen-bond donors (Lipinski definition) is 0. The van der Waals surface area contributed by atoms with Gasteiger partial charge in [0.1, 0.15) is 11.2 Å². The molecule has 48 valence electrons. The Bertz CT molecular complexity index is 205. The Balaban J connectivity index is 2.87. The van der Waals surface area contributed by atoms with Gasteiger partial charge in [-0.15, -0.1) is 0 Å². The topological polar surface area (TPSA) is 29.4 Å². The number of aliphatic imine (C=N–C) groups is 1. The van der Waals surface area contributed by atoms with Crippen LogP contribution in [0.1, 0.15) is 6.92 Å². The maximum Gasteiger partial charge on any atom is 0.177 e. The van der Waals surface area contributed by atoms with Gasteiger partial charge in [0, 0.05) is 0 Å². The van der Waals surface area contributed by atoms with Crippen LogP contribution >= 0.6 is 15.9 Å². The molecule has 1 aliphatic heterocycles. The van der Waals surface area contributed by atoms with Gasteiger partial charge in [-0.05, 0) is 34.5 Å². The van der Waals surface area contributed by atoms with Crippen LogP contribution in [0.5, 0.6) is 0 Å². The second-order valence-corrected chi connectivity index (χ2v) is 2.65. The number of hydrogen-bond acceptors (Lipinski definition) is 2. The van der Waals surface area contributed by atoms with Gasteiger partial charge in [-0.3, -0.25) is 9.79 Å². The monoisotopic (exact) mass is 187 g/mol. The van der Waals surface area contributed by atoms with Crippen molar-refractivity contribution in [2.45, 2.75) is 6.92 Å². The predicted molar refractivity (Wildman–Crippen MR) is 40.0 cm³/mol. The van der Waals surface area contributed by atoms with Crippen molar-refractivity contribution in [1.29, 1.82) is 0 Å². The average Bonchev–Trinajstić information content (AvgIpc) is 1.80. The van der Waals surface area contributed by atoms with Gasteiger partial charge in [-0.1, -0.05) is 0 Å². The number of nitrogens with zero attached hydrogens (tertiary/aromatic N) is 1. The molecule has 1 rings (SSSR count). The number of dihydropyridines is 1. The molecule has 1 aliphatic rings. The number of halogens is 1. The van der Waals surface area contributed by atoms with Crippen LogP contribution in [0.15, 0.2) is 16.6 Å². The van der Waals surface area contributed by atoms with E-state index in [4.69, 9.17) is 0 Å². The molecule has 0 amide bonds. The highest BCUT2D eigenvalue weighted by Gasteiger charge is 2.06. The largest absolute Gasteiger partial charge is 0.293 e. The second kappa shape index (κ2) is 2.43. The lowest BCUT2D eigenvalue weighted by molar-refractivity contribution is -0.113. The maximum atomic E-state index is 10.6. The van der Waals surface area contributed by atoms with Crippen molar-refractivity contribution >= 4 is 26.3 Å². The number of ketones is 1. The van der Waals surface area contributed by atoms with E-state index in [2.05, 4.69) is 20.9 Å². The molecule has 1 heterocycles. The number of allylic oxidation sites excluding steroid dienone is 1. The predicted octanol–water partition coefficient (Wildman–Crippen LogP) is 1.31. The minimum absolute atomic E-state index is 0.0794. The molecule has 9 heavy (non-hydrogen) atoms. The number of carbonyl (C=O) groups is 1. The number of rotatable bonds is 0. The zero-order valence-corrected chi connectivity index (χ0v) is 6.60. The average molecular weight is 188 g/mol. The zero-order valence-electron chi connectivity index (χ0n) is 5.02. The summed E-state index contributed by atoms with van der Waals surface area (Å²) in [7, 11) is 0. The minimum Gasteiger partial charge on any atom is -0.293 e. The van der Waals surface area contributed by atoms with Gasteiger partial charge in [0.2, 0.25) is 0 Å². The van der Waals surface area contributed by atoms with E-state index in [0.29, 0.717) is 0 Å². The van der Waals surface area contributed by atoms with Gasteiger partial charge in [-0.2, -0.15) is 0 Å². The Morgan fingerprint density at radius 3 is 2.89 bits per heavy atom. The van der Waals surface area contributed by atoms with E-state index in [1.807, 2.05) is 6.92 Å². The fourth-order valence-corrected chi connectivity index (χ4v) is 0.859. The Kier molecular flexibility index (Phi) is 1.81. The fourth-order valence-electron chi connectivity index (χ4n) is 0.619. The smallest absolute Gasteiger partial charge is 0.177 e. The summed E-state index contributed by atoms with van der Waals surface area (Å²) in [5, 5.41) is 0. The van der Waals surface area contributed by atoms with E-state index in [0.717, 1.165) is 10.2 Å². The van der Waals surface area contributed by atoms with E-state index < -0.39 is 0 Å². The van der Waals surface area contributed by atoms with Crippen LogP contribution < -0.4 is 0 Å². The molecule has 0 N–H and O–H groups in total. The summed E-state index contributed by atoms with van der Waals surface area (Å²) < 4.78 is 0.794. The molecule has 0 saturated heterocycles. The van der Waals surface area contributed by atoms with Crippen LogP contribution in [-0.4, -0.2) is 16.9 Å². The summed E-state index contributed by atoms with van der Waals surface area (Å²) >= 11 is 3.21. The molecule has 3 heteroatoms. The lowest BCUT2D eigenvalue weighted by atomic mass is 10.2. The van der Waals surface area contributed by atoms with Gasteiger partial charge in [0.15, 0.2) is 5.78 Å². The van der Waals surface area contributed by atoms with E-state index in [9.17, 15) is 4.79 Å². The Labute approximate surface area is 61.8 Å². The molecule has 0 bridgehead atoms. The summed E-state index contributed by atoms with van der Waals surface area (Å²) in [5.74, 6) is 0.0794. The van der Waals surface area contributed by atoms with Gasteiger partial charge in [-0.25, -0.2) is 0 Å². The number of carbonyl (C=O) groups excluding carboxylic acids is 1. The molecular formula is C6H6BrNO. The fraction of sp³-hybridized carbons (Fsp3) is 0.333. The van der Waals surface area contributed by atoms with Crippen molar-refractivity contribution in [2.24, 2.45) is 4.99 Å². The first kappa shape index (κ1) is 6.68. The van der Waals surface area contributed by atoms with Crippen LogP contribution in [0.4, 0.5) is 0 Å². The van der Waals surface area contributed by atoms with Gasteiger partial charge in [0.25, 0.3) is 0 Å². The first-order chi connectivity index (χ1) is 4.20. The molecule has 2 nitrogen and oxygen atoms in total. The molecule has 0 aromatic carbocycles. The molecule has 0 fully saturated rings. The highest BCUT2D eigenvalue weighted by atomic mass is 79.9. The first-order valence-electron chi connectivity index (χ1n) is 2.61. The van der Waals surface area contributed by atoms with Crippen LogP contribution in [0.3, 0.4) is 0 Å². The second-order valence-electron chi connectivity index (χ2n) is 1.90. The highest BCUT2D eigenvalue weighted by molar-refractivity contribution is 9.18. The Hall–Kier alpha value is -0.440. The molecule has 0 aliphatic carbocycles. The lowest BCUT2D eigenvalue weighted by Gasteiger charge is -2.02. The Morgan fingerprint density at radius 2 is 2.44 bits per heavy atom. The van der Waals surface area contributed by atoms with Crippen LogP contribution in [0.25, 0.3) is 0 Å². The third-order valence-electron chi connectivity index (χ3n) is 1.08. The van der Waals surface area contributed by atoms with Crippen LogP contribution in [0.2, 0.25) is 0 Å². The normalized spacial score (nSPS) is 19.1. The van der Waals surface area contributed by atoms with Crippen molar-refractivity contribution in [3.8, 4) is 0 Å². The van der Waals surface area contributed by atoms with Crippen LogP contribution in [0, 0.1) is 0 Å². The summed E-state index contributed by atoms with van der Waals surface area (Å²) in [6.07, 6.45) is 1.59. The van der Waals surface area contributed by atoms with E-state index in [1.165, 1.54) is 0 Å². The third kappa shape index (κ3) is 1.48. The van der Waals surface area contributed by atoms with Crippen molar-refractivity contribution in [1.82, 2.24) is 0 Å². The van der Waals surface area contributed by atoms with Crippen molar-refractivity contribution < 1.29 is 4.79 Å². The molecule has 0 saturated carbocycles. The van der Waals surface area contributed by atoms with Crippen molar-refractivity contribution in [3.63, 3.8) is 0 Å². The summed E-state index contributed by atoms with van der Waals surface area (Å²) in [4.78, 5) is 14.5. The summed E-state index contributed by atoms with van der Waals surface area (Å²) in [5.41, 5.74) is 0.909. The minimum atomic E-state index is 0.0794. The van der Waals surface area contributed by atoms with Gasteiger partial charge >= 0.3 is 0 Å². The third-order valence-corrected chi connectivity index (χ3v) is 1.95. The van der Waals surface area contributed by atoms with E-state index in [1.54, 1.807) is 6.08 Å². The molecule has 0 spiro atoms. The van der Waals surface area contributed by atoms with E-state index in [-0.39, 0.29) is 12.3 Å². The summed E-state index contributed by atoms with van der Waals surface area (Å²) in [6.45, 7) is 2.14. The molecular weight excluding hydrogens is 182 g/mol. The van der Waals surface area contributed by atoms with E-state index >= 15 is 0 Å². The molecule has 0 aromatic rings. The maximum absolute atomic E-state index is 10.6. The standard InChI is InChI=1S/C6H6BrNO/c1-4-2-5(9)3-8-6(4)7/h2H,3H2,1H3. The molecule has 0 radical (unpaired) electrons. The molecule has 0 aromatic heterocycles. The Morgan fingerprint density at radius 1 is 1.78 bits per heavy atom. The quantitative estimate of drug-likeness (QED) is 0.563. The lowest BCUT2D eigenvalue weighted by Crippen LogP contribution is -2.08. The van der Waals surface area contributed by atoms with Gasteiger partial charge in [0.05, 0.1) is 0 Å². The van der Waals surface area contributed by atoms with Crippen molar-refractivity contribution in [2.75, 3.05) is 6.54 Å². The zero-order chi connectivity index (χ0) is 6.85.